The number of carbonyl (C=O) groups is 2. The molecule has 0 radical (unpaired) electrons. The molecule has 0 aliphatic carbocycles. The van der Waals surface area contributed by atoms with E-state index in [0.29, 0.717) is 12.1 Å². The molecular weight excluding hydrogens is 232 g/mol. The van der Waals surface area contributed by atoms with E-state index >= 15 is 0 Å². The largest absolute Gasteiger partial charge is 0.508 e. The molecule has 0 fully saturated rings. The Balaban J connectivity index is 2.34. The summed E-state index contributed by atoms with van der Waals surface area (Å²) in [5, 5.41) is 14.7. The third-order valence-corrected chi connectivity index (χ3v) is 2.36. The summed E-state index contributed by atoms with van der Waals surface area (Å²) in [4.78, 5) is 22.8. The van der Waals surface area contributed by atoms with Gasteiger partial charge in [-0.05, 0) is 12.5 Å². The smallest absolute Gasteiger partial charge is 0.239 e. The number of phenolic OH excluding ortho intramolecular Hbond substituents is 1. The van der Waals surface area contributed by atoms with Crippen molar-refractivity contribution in [3.8, 4) is 5.75 Å². The SMILES string of the molecule is CCCNC(=O)CNC(=O)Cc1ccccc1O. The summed E-state index contributed by atoms with van der Waals surface area (Å²) in [6.45, 7) is 2.53. The molecule has 5 heteroatoms. The van der Waals surface area contributed by atoms with Gasteiger partial charge in [-0.25, -0.2) is 0 Å². The Morgan fingerprint density at radius 1 is 1.17 bits per heavy atom. The first-order chi connectivity index (χ1) is 8.63. The van der Waals surface area contributed by atoms with Gasteiger partial charge in [0.25, 0.3) is 0 Å². The normalized spacial score (nSPS) is 9.83. The minimum Gasteiger partial charge on any atom is -0.508 e. The average molecular weight is 250 g/mol. The highest BCUT2D eigenvalue weighted by Crippen LogP contribution is 2.15. The Morgan fingerprint density at radius 2 is 1.89 bits per heavy atom. The fraction of sp³-hybridized carbons (Fsp3) is 0.385. The van der Waals surface area contributed by atoms with E-state index < -0.39 is 0 Å². The molecule has 0 atom stereocenters. The molecule has 98 valence electrons. The van der Waals surface area contributed by atoms with Gasteiger partial charge in [0.05, 0.1) is 13.0 Å². The monoisotopic (exact) mass is 250 g/mol. The van der Waals surface area contributed by atoms with Gasteiger partial charge in [-0.2, -0.15) is 0 Å². The molecule has 0 aliphatic rings. The molecule has 0 unspecified atom stereocenters. The van der Waals surface area contributed by atoms with Crippen molar-refractivity contribution in [3.05, 3.63) is 29.8 Å². The van der Waals surface area contributed by atoms with Crippen LogP contribution in [0, 0.1) is 0 Å². The number of nitrogens with one attached hydrogen (secondary N) is 2. The number of rotatable bonds is 6. The van der Waals surface area contributed by atoms with E-state index in [9.17, 15) is 14.7 Å². The second kappa shape index (κ2) is 7.32. The van der Waals surface area contributed by atoms with Crippen molar-refractivity contribution in [2.75, 3.05) is 13.1 Å². The van der Waals surface area contributed by atoms with Crippen LogP contribution < -0.4 is 10.6 Å². The number of hydrogen-bond donors (Lipinski definition) is 3. The number of aromatic hydroxyl groups is 1. The van der Waals surface area contributed by atoms with E-state index in [-0.39, 0.29) is 30.5 Å². The second-order valence-corrected chi connectivity index (χ2v) is 3.93. The predicted octanol–water partition coefficient (Wildman–Crippen LogP) is 0.577. The Hall–Kier alpha value is -2.04. The molecule has 2 amide bonds. The summed E-state index contributed by atoms with van der Waals surface area (Å²) in [6.07, 6.45) is 0.922. The van der Waals surface area contributed by atoms with Gasteiger partial charge in [0.2, 0.25) is 11.8 Å². The molecule has 1 aromatic carbocycles. The Bertz CT molecular complexity index is 418. The highest BCUT2D eigenvalue weighted by atomic mass is 16.3. The summed E-state index contributed by atoms with van der Waals surface area (Å²) in [6, 6.07) is 6.63. The molecule has 3 N–H and O–H groups in total. The van der Waals surface area contributed by atoms with Crippen LogP contribution in [0.15, 0.2) is 24.3 Å². The molecule has 1 rings (SSSR count). The minimum atomic E-state index is -0.289. The van der Waals surface area contributed by atoms with Crippen LogP contribution in [0.1, 0.15) is 18.9 Å². The zero-order valence-electron chi connectivity index (χ0n) is 10.4. The van der Waals surface area contributed by atoms with Gasteiger partial charge in [0, 0.05) is 12.1 Å². The van der Waals surface area contributed by atoms with E-state index in [0.717, 1.165) is 6.42 Å². The Kier molecular flexibility index (Phi) is 5.70. The van der Waals surface area contributed by atoms with Crippen molar-refractivity contribution < 1.29 is 14.7 Å². The Morgan fingerprint density at radius 3 is 2.56 bits per heavy atom. The molecule has 0 heterocycles. The third kappa shape index (κ3) is 4.86. The van der Waals surface area contributed by atoms with Crippen molar-refractivity contribution in [2.45, 2.75) is 19.8 Å². The highest BCUT2D eigenvalue weighted by molar-refractivity contribution is 5.85. The molecule has 5 nitrogen and oxygen atoms in total. The first kappa shape index (κ1) is 14.0. The number of benzene rings is 1. The molecule has 0 saturated carbocycles. The van der Waals surface area contributed by atoms with Crippen LogP contribution in [0.5, 0.6) is 5.75 Å². The molecule has 0 aromatic heterocycles. The third-order valence-electron chi connectivity index (χ3n) is 2.36. The summed E-state index contributed by atoms with van der Waals surface area (Å²) < 4.78 is 0. The fourth-order valence-electron chi connectivity index (χ4n) is 1.40. The van der Waals surface area contributed by atoms with E-state index in [1.54, 1.807) is 18.2 Å². The van der Waals surface area contributed by atoms with Crippen LogP contribution >= 0.6 is 0 Å². The molecule has 18 heavy (non-hydrogen) atoms. The van der Waals surface area contributed by atoms with E-state index in [2.05, 4.69) is 10.6 Å². The van der Waals surface area contributed by atoms with E-state index in [1.807, 2.05) is 6.92 Å². The quantitative estimate of drug-likeness (QED) is 0.691. The lowest BCUT2D eigenvalue weighted by Crippen LogP contribution is -2.37. The second-order valence-electron chi connectivity index (χ2n) is 3.93. The lowest BCUT2D eigenvalue weighted by molar-refractivity contribution is -0.125. The van der Waals surface area contributed by atoms with Crippen molar-refractivity contribution in [1.29, 1.82) is 0 Å². The average Bonchev–Trinajstić information content (AvgIpc) is 2.36. The summed E-state index contributed by atoms with van der Waals surface area (Å²) in [5.74, 6) is -0.409. The van der Waals surface area contributed by atoms with Crippen LogP contribution in [0.4, 0.5) is 0 Å². The molecule has 0 bridgehead atoms. The molecule has 0 aliphatic heterocycles. The summed E-state index contributed by atoms with van der Waals surface area (Å²) in [7, 11) is 0. The van der Waals surface area contributed by atoms with Crippen molar-refractivity contribution in [3.63, 3.8) is 0 Å². The van der Waals surface area contributed by atoms with Gasteiger partial charge in [-0.3, -0.25) is 9.59 Å². The van der Waals surface area contributed by atoms with Crippen LogP contribution in [-0.4, -0.2) is 30.0 Å². The van der Waals surface area contributed by atoms with E-state index in [1.165, 1.54) is 6.07 Å². The van der Waals surface area contributed by atoms with Gasteiger partial charge in [0.1, 0.15) is 5.75 Å². The van der Waals surface area contributed by atoms with Gasteiger partial charge < -0.3 is 15.7 Å². The van der Waals surface area contributed by atoms with Gasteiger partial charge in [0.15, 0.2) is 0 Å². The topological polar surface area (TPSA) is 78.4 Å². The zero-order valence-corrected chi connectivity index (χ0v) is 10.4. The van der Waals surface area contributed by atoms with Crippen LogP contribution in [0.2, 0.25) is 0 Å². The van der Waals surface area contributed by atoms with Crippen LogP contribution in [-0.2, 0) is 16.0 Å². The highest BCUT2D eigenvalue weighted by Gasteiger charge is 2.08. The Labute approximate surface area is 106 Å². The van der Waals surface area contributed by atoms with Crippen molar-refractivity contribution >= 4 is 11.8 Å². The fourth-order valence-corrected chi connectivity index (χ4v) is 1.40. The van der Waals surface area contributed by atoms with Gasteiger partial charge >= 0.3 is 0 Å². The zero-order chi connectivity index (χ0) is 13.4. The first-order valence-corrected chi connectivity index (χ1v) is 5.93. The summed E-state index contributed by atoms with van der Waals surface area (Å²) >= 11 is 0. The number of carbonyl (C=O) groups excluding carboxylic acids is 2. The number of hydrogen-bond acceptors (Lipinski definition) is 3. The van der Waals surface area contributed by atoms with Crippen molar-refractivity contribution in [1.82, 2.24) is 10.6 Å². The number of phenols is 1. The number of para-hydroxylation sites is 1. The standard InChI is InChI=1S/C13H18N2O3/c1-2-7-14-13(18)9-15-12(17)8-10-5-3-4-6-11(10)16/h3-6,16H,2,7-9H2,1H3,(H,14,18)(H,15,17). The lowest BCUT2D eigenvalue weighted by Gasteiger charge is -2.07. The molecule has 0 spiro atoms. The maximum Gasteiger partial charge on any atom is 0.239 e. The maximum absolute atomic E-state index is 11.5. The minimum absolute atomic E-state index is 0.0353. The maximum atomic E-state index is 11.5. The van der Waals surface area contributed by atoms with E-state index in [4.69, 9.17) is 0 Å². The predicted molar refractivity (Wildman–Crippen MR) is 68.1 cm³/mol. The summed E-state index contributed by atoms with van der Waals surface area (Å²) in [5.41, 5.74) is 0.545. The molecule has 1 aromatic rings. The first-order valence-electron chi connectivity index (χ1n) is 5.93. The molecular formula is C13H18N2O3. The number of amides is 2. The van der Waals surface area contributed by atoms with Crippen LogP contribution in [0.25, 0.3) is 0 Å². The molecule has 0 saturated heterocycles. The van der Waals surface area contributed by atoms with Crippen LogP contribution in [0.3, 0.4) is 0 Å². The van der Waals surface area contributed by atoms with Gasteiger partial charge in [-0.1, -0.05) is 25.1 Å². The van der Waals surface area contributed by atoms with Crippen molar-refractivity contribution in [2.24, 2.45) is 0 Å². The van der Waals surface area contributed by atoms with Gasteiger partial charge in [-0.15, -0.1) is 0 Å². The lowest BCUT2D eigenvalue weighted by atomic mass is 10.1.